The molecule has 28 heavy (non-hydrogen) atoms. The molecule has 5 rings (SSSR count). The van der Waals surface area contributed by atoms with Crippen molar-refractivity contribution in [2.45, 2.75) is 114 Å². The zero-order valence-corrected chi connectivity index (χ0v) is 18.3. The molecule has 160 valence electrons. The van der Waals surface area contributed by atoms with E-state index in [2.05, 4.69) is 35.1 Å². The number of nitrogens with one attached hydrogen (secondary N) is 4. The number of fused-ring (bicyclic) bond motifs is 2. The molecular formula is C24H44N4. The molecule has 3 saturated carbocycles. The minimum absolute atomic E-state index is 0.720. The van der Waals surface area contributed by atoms with Gasteiger partial charge >= 0.3 is 0 Å². The van der Waals surface area contributed by atoms with Crippen molar-refractivity contribution in [3.8, 4) is 0 Å². The van der Waals surface area contributed by atoms with E-state index in [0.29, 0.717) is 0 Å². The second-order valence-corrected chi connectivity index (χ2v) is 11.3. The third-order valence-corrected chi connectivity index (χ3v) is 9.24. The summed E-state index contributed by atoms with van der Waals surface area (Å²) in [5, 5.41) is 16.0. The van der Waals surface area contributed by atoms with E-state index >= 15 is 0 Å². The van der Waals surface area contributed by atoms with Crippen LogP contribution in [0, 0.1) is 23.7 Å². The highest BCUT2D eigenvalue weighted by Gasteiger charge is 2.40. The largest absolute Gasteiger partial charge is 0.311 e. The Balaban J connectivity index is 1.09. The minimum atomic E-state index is 0.720. The third-order valence-electron chi connectivity index (χ3n) is 9.24. The first-order chi connectivity index (χ1) is 13.7. The molecule has 5 aliphatic rings. The van der Waals surface area contributed by atoms with Gasteiger partial charge in [-0.1, -0.05) is 13.8 Å². The van der Waals surface area contributed by atoms with Crippen LogP contribution in [0.5, 0.6) is 0 Å². The minimum Gasteiger partial charge on any atom is -0.311 e. The number of rotatable bonds is 2. The van der Waals surface area contributed by atoms with Gasteiger partial charge in [-0.05, 0) is 87.9 Å². The Morgan fingerprint density at radius 2 is 0.893 bits per heavy atom. The molecule has 0 radical (unpaired) electrons. The monoisotopic (exact) mass is 388 g/mol. The van der Waals surface area contributed by atoms with E-state index in [9.17, 15) is 0 Å². The molecule has 8 atom stereocenters. The van der Waals surface area contributed by atoms with Crippen LogP contribution in [-0.4, -0.2) is 49.3 Å². The SMILES string of the molecule is CC1CCC2NC(C3CCC(C4CNC5CC(C)CCC5N4)CC3)CNC2C1. The van der Waals surface area contributed by atoms with Crippen LogP contribution in [0.15, 0.2) is 0 Å². The number of piperazine rings is 2. The molecule has 0 aromatic heterocycles. The fourth-order valence-electron chi connectivity index (χ4n) is 7.39. The molecule has 2 saturated heterocycles. The first-order valence-corrected chi connectivity index (χ1v) is 12.6. The fraction of sp³-hybridized carbons (Fsp3) is 1.00. The molecule has 2 aliphatic heterocycles. The van der Waals surface area contributed by atoms with Crippen LogP contribution in [0.25, 0.3) is 0 Å². The summed E-state index contributed by atoms with van der Waals surface area (Å²) < 4.78 is 0. The van der Waals surface area contributed by atoms with E-state index < -0.39 is 0 Å². The first kappa shape index (κ1) is 19.8. The molecule has 0 aromatic rings. The van der Waals surface area contributed by atoms with Gasteiger partial charge in [-0.25, -0.2) is 0 Å². The van der Waals surface area contributed by atoms with Gasteiger partial charge < -0.3 is 21.3 Å². The summed E-state index contributed by atoms with van der Waals surface area (Å²) >= 11 is 0. The molecule has 5 fully saturated rings. The molecule has 3 aliphatic carbocycles. The van der Waals surface area contributed by atoms with Gasteiger partial charge in [-0.2, -0.15) is 0 Å². The lowest BCUT2D eigenvalue weighted by molar-refractivity contribution is 0.104. The zero-order chi connectivity index (χ0) is 19.1. The predicted molar refractivity (Wildman–Crippen MR) is 116 cm³/mol. The molecule has 0 spiro atoms. The number of hydrogen-bond donors (Lipinski definition) is 4. The molecular weight excluding hydrogens is 344 g/mol. The lowest BCUT2D eigenvalue weighted by Crippen LogP contribution is -2.65. The van der Waals surface area contributed by atoms with Gasteiger partial charge in [0.05, 0.1) is 0 Å². The van der Waals surface area contributed by atoms with Gasteiger partial charge in [0.15, 0.2) is 0 Å². The van der Waals surface area contributed by atoms with Gasteiger partial charge in [0, 0.05) is 49.3 Å². The fourth-order valence-corrected chi connectivity index (χ4v) is 7.39. The van der Waals surface area contributed by atoms with Crippen LogP contribution in [-0.2, 0) is 0 Å². The molecule has 8 unspecified atom stereocenters. The van der Waals surface area contributed by atoms with Crippen LogP contribution in [0.3, 0.4) is 0 Å². The van der Waals surface area contributed by atoms with Crippen molar-refractivity contribution in [2.75, 3.05) is 13.1 Å². The highest BCUT2D eigenvalue weighted by Crippen LogP contribution is 2.36. The summed E-state index contributed by atoms with van der Waals surface area (Å²) in [6.45, 7) is 7.26. The van der Waals surface area contributed by atoms with E-state index in [1.54, 1.807) is 0 Å². The summed E-state index contributed by atoms with van der Waals surface area (Å²) in [6, 6.07) is 4.39. The topological polar surface area (TPSA) is 48.1 Å². The lowest BCUT2D eigenvalue weighted by Gasteiger charge is -2.48. The Kier molecular flexibility index (Phi) is 6.03. The molecule has 0 aromatic carbocycles. The highest BCUT2D eigenvalue weighted by atomic mass is 15.1. The van der Waals surface area contributed by atoms with E-state index in [-0.39, 0.29) is 0 Å². The summed E-state index contributed by atoms with van der Waals surface area (Å²) in [6.07, 6.45) is 14.1. The van der Waals surface area contributed by atoms with Crippen molar-refractivity contribution < 1.29 is 0 Å². The second kappa shape index (κ2) is 8.53. The van der Waals surface area contributed by atoms with E-state index in [1.165, 1.54) is 77.3 Å². The van der Waals surface area contributed by atoms with Crippen LogP contribution >= 0.6 is 0 Å². The Morgan fingerprint density at radius 3 is 1.32 bits per heavy atom. The maximum absolute atomic E-state index is 4.09. The van der Waals surface area contributed by atoms with Crippen molar-refractivity contribution >= 4 is 0 Å². The van der Waals surface area contributed by atoms with Crippen LogP contribution in [0.2, 0.25) is 0 Å². The molecule has 2 heterocycles. The summed E-state index contributed by atoms with van der Waals surface area (Å²) in [5.74, 6) is 3.60. The Bertz CT molecular complexity index is 471. The normalized spacial score (nSPS) is 52.5. The quantitative estimate of drug-likeness (QED) is 0.587. The van der Waals surface area contributed by atoms with E-state index in [0.717, 1.165) is 59.9 Å². The standard InChI is InChI=1S/C24H44N4/c1-15-3-9-19-21(11-15)25-13-23(27-19)17-5-7-18(8-6-17)24-14-26-22-12-16(2)4-10-20(22)28-24/h15-28H,3-14H2,1-2H3. The second-order valence-electron chi connectivity index (χ2n) is 11.3. The Labute approximate surface area is 172 Å². The average Bonchev–Trinajstić information content (AvgIpc) is 2.73. The van der Waals surface area contributed by atoms with Crippen molar-refractivity contribution in [1.82, 2.24) is 21.3 Å². The van der Waals surface area contributed by atoms with Crippen LogP contribution in [0.4, 0.5) is 0 Å². The van der Waals surface area contributed by atoms with Crippen LogP contribution in [0.1, 0.15) is 78.1 Å². The Hall–Kier alpha value is -0.160. The number of hydrogen-bond acceptors (Lipinski definition) is 4. The van der Waals surface area contributed by atoms with Crippen molar-refractivity contribution in [1.29, 1.82) is 0 Å². The first-order valence-electron chi connectivity index (χ1n) is 12.6. The van der Waals surface area contributed by atoms with Crippen molar-refractivity contribution in [2.24, 2.45) is 23.7 Å². The van der Waals surface area contributed by atoms with Crippen molar-refractivity contribution in [3.05, 3.63) is 0 Å². The highest BCUT2D eigenvalue weighted by molar-refractivity contribution is 5.01. The predicted octanol–water partition coefficient (Wildman–Crippen LogP) is 3.03. The van der Waals surface area contributed by atoms with Crippen LogP contribution < -0.4 is 21.3 Å². The molecule has 4 heteroatoms. The van der Waals surface area contributed by atoms with Crippen molar-refractivity contribution in [3.63, 3.8) is 0 Å². The van der Waals surface area contributed by atoms with Gasteiger partial charge in [0.1, 0.15) is 0 Å². The third kappa shape index (κ3) is 4.17. The molecule has 4 N–H and O–H groups in total. The van der Waals surface area contributed by atoms with E-state index in [1.807, 2.05) is 0 Å². The zero-order valence-electron chi connectivity index (χ0n) is 18.3. The smallest absolute Gasteiger partial charge is 0.0224 e. The van der Waals surface area contributed by atoms with Gasteiger partial charge in [0.25, 0.3) is 0 Å². The molecule has 4 nitrogen and oxygen atoms in total. The average molecular weight is 389 g/mol. The summed E-state index contributed by atoms with van der Waals surface area (Å²) in [4.78, 5) is 0. The van der Waals surface area contributed by atoms with Gasteiger partial charge in [-0.15, -0.1) is 0 Å². The summed E-state index contributed by atoms with van der Waals surface area (Å²) in [7, 11) is 0. The van der Waals surface area contributed by atoms with Gasteiger partial charge in [0.2, 0.25) is 0 Å². The van der Waals surface area contributed by atoms with E-state index in [4.69, 9.17) is 0 Å². The Morgan fingerprint density at radius 1 is 0.464 bits per heavy atom. The summed E-state index contributed by atoms with van der Waals surface area (Å²) in [5.41, 5.74) is 0. The lowest BCUT2D eigenvalue weighted by atomic mass is 9.72. The maximum Gasteiger partial charge on any atom is 0.0224 e. The molecule has 0 amide bonds. The maximum atomic E-state index is 4.09. The molecule has 0 bridgehead atoms. The van der Waals surface area contributed by atoms with Gasteiger partial charge in [-0.3, -0.25) is 0 Å².